The summed E-state index contributed by atoms with van der Waals surface area (Å²) in [5, 5.41) is 27.7. The van der Waals surface area contributed by atoms with E-state index >= 15 is 0 Å². The number of aromatic hydroxyl groups is 1. The number of H-pyrrole nitrogens is 1. The van der Waals surface area contributed by atoms with Crippen LogP contribution in [0.1, 0.15) is 45.7 Å². The summed E-state index contributed by atoms with van der Waals surface area (Å²) in [4.78, 5) is 14.6. The second-order valence-corrected chi connectivity index (χ2v) is 7.61. The molecule has 1 atom stereocenters. The number of benzene rings is 2. The highest BCUT2D eigenvalue weighted by atomic mass is 35.5. The zero-order valence-corrected chi connectivity index (χ0v) is 17.0. The molecule has 0 spiro atoms. The van der Waals surface area contributed by atoms with E-state index in [1.807, 2.05) is 31.2 Å². The molecule has 0 bridgehead atoms. The number of halogens is 1. The molecule has 1 amide bonds. The van der Waals surface area contributed by atoms with Crippen LogP contribution in [0.25, 0.3) is 11.3 Å². The lowest BCUT2D eigenvalue weighted by Gasteiger charge is -2.26. The highest BCUT2D eigenvalue weighted by molar-refractivity contribution is 6.31. The fourth-order valence-corrected chi connectivity index (χ4v) is 4.04. The van der Waals surface area contributed by atoms with Crippen molar-refractivity contribution in [1.82, 2.24) is 15.1 Å². The van der Waals surface area contributed by atoms with E-state index in [0.717, 1.165) is 17.5 Å². The molecule has 29 heavy (non-hydrogen) atoms. The van der Waals surface area contributed by atoms with Crippen LogP contribution in [0, 0.1) is 6.92 Å². The summed E-state index contributed by atoms with van der Waals surface area (Å²) in [7, 11) is 0. The van der Waals surface area contributed by atoms with Crippen LogP contribution in [0.2, 0.25) is 5.02 Å². The molecule has 6 nitrogen and oxygen atoms in total. The third kappa shape index (κ3) is 3.18. The zero-order chi connectivity index (χ0) is 20.7. The molecule has 150 valence electrons. The van der Waals surface area contributed by atoms with E-state index < -0.39 is 6.04 Å². The molecule has 7 heteroatoms. The monoisotopic (exact) mass is 411 g/mol. The highest BCUT2D eigenvalue weighted by Crippen LogP contribution is 2.45. The molecule has 1 aromatic heterocycles. The number of hydrogen-bond acceptors (Lipinski definition) is 4. The molecule has 1 unspecified atom stereocenters. The number of aliphatic hydroxyl groups excluding tert-OH is 1. The number of aromatic amines is 1. The number of aromatic nitrogens is 2. The molecule has 0 fully saturated rings. The van der Waals surface area contributed by atoms with Gasteiger partial charge in [0.1, 0.15) is 17.1 Å². The normalized spacial score (nSPS) is 15.8. The highest BCUT2D eigenvalue weighted by Gasteiger charge is 2.42. The molecule has 1 aliphatic rings. The van der Waals surface area contributed by atoms with Crippen molar-refractivity contribution in [2.24, 2.45) is 0 Å². The van der Waals surface area contributed by atoms with E-state index in [2.05, 4.69) is 17.1 Å². The predicted molar refractivity (Wildman–Crippen MR) is 111 cm³/mol. The van der Waals surface area contributed by atoms with Crippen molar-refractivity contribution < 1.29 is 15.0 Å². The van der Waals surface area contributed by atoms with E-state index in [0.29, 0.717) is 27.5 Å². The molecule has 0 aliphatic carbocycles. The quantitative estimate of drug-likeness (QED) is 0.595. The molecule has 3 aromatic rings. The van der Waals surface area contributed by atoms with Crippen molar-refractivity contribution in [2.45, 2.75) is 26.3 Å². The van der Waals surface area contributed by atoms with Gasteiger partial charge in [-0.3, -0.25) is 9.89 Å². The van der Waals surface area contributed by atoms with Gasteiger partial charge in [-0.15, -0.1) is 0 Å². The van der Waals surface area contributed by atoms with Crippen LogP contribution in [-0.2, 0) is 6.42 Å². The van der Waals surface area contributed by atoms with Gasteiger partial charge in [-0.05, 0) is 42.2 Å². The number of nitrogens with zero attached hydrogens (tertiary/aromatic N) is 2. The van der Waals surface area contributed by atoms with Crippen LogP contribution in [0.3, 0.4) is 0 Å². The first kappa shape index (κ1) is 19.5. The second kappa shape index (κ2) is 7.54. The van der Waals surface area contributed by atoms with Crippen LogP contribution < -0.4 is 0 Å². The van der Waals surface area contributed by atoms with E-state index in [1.54, 1.807) is 17.0 Å². The number of carbonyl (C=O) groups excluding carboxylic acids is 1. The number of rotatable bonds is 5. The minimum Gasteiger partial charge on any atom is -0.507 e. The first-order valence-corrected chi connectivity index (χ1v) is 9.92. The number of aliphatic hydroxyl groups is 1. The summed E-state index contributed by atoms with van der Waals surface area (Å²) in [5.74, 6) is -0.176. The lowest BCUT2D eigenvalue weighted by atomic mass is 9.94. The van der Waals surface area contributed by atoms with Gasteiger partial charge in [0.15, 0.2) is 0 Å². The van der Waals surface area contributed by atoms with Gasteiger partial charge in [0.25, 0.3) is 5.91 Å². The Morgan fingerprint density at radius 1 is 1.24 bits per heavy atom. The number of phenolic OH excluding ortho intramolecular Hbond substituents is 1. The van der Waals surface area contributed by atoms with Gasteiger partial charge in [0.2, 0.25) is 0 Å². The van der Waals surface area contributed by atoms with E-state index in [-0.39, 0.29) is 24.8 Å². The molecule has 2 heterocycles. The van der Waals surface area contributed by atoms with Crippen molar-refractivity contribution in [3.05, 3.63) is 69.4 Å². The maximum atomic E-state index is 13.0. The largest absolute Gasteiger partial charge is 0.507 e. The topological polar surface area (TPSA) is 89.5 Å². The summed E-state index contributed by atoms with van der Waals surface area (Å²) < 4.78 is 0. The number of carbonyl (C=O) groups is 1. The Kier molecular flexibility index (Phi) is 5.06. The second-order valence-electron chi connectivity index (χ2n) is 7.20. The Morgan fingerprint density at radius 3 is 2.62 bits per heavy atom. The number of amides is 1. The Balaban J connectivity index is 1.90. The van der Waals surface area contributed by atoms with Crippen molar-refractivity contribution in [1.29, 1.82) is 0 Å². The Morgan fingerprint density at radius 2 is 1.97 bits per heavy atom. The van der Waals surface area contributed by atoms with Crippen molar-refractivity contribution in [3.8, 4) is 17.0 Å². The Bertz CT molecular complexity index is 1080. The smallest absolute Gasteiger partial charge is 0.273 e. The van der Waals surface area contributed by atoms with Crippen LogP contribution in [0.4, 0.5) is 0 Å². The van der Waals surface area contributed by atoms with E-state index in [4.69, 9.17) is 11.6 Å². The van der Waals surface area contributed by atoms with Crippen molar-refractivity contribution >= 4 is 17.5 Å². The number of phenols is 1. The maximum absolute atomic E-state index is 13.0. The van der Waals surface area contributed by atoms with Gasteiger partial charge >= 0.3 is 0 Å². The first-order chi connectivity index (χ1) is 14.0. The fourth-order valence-electron chi connectivity index (χ4n) is 3.88. The zero-order valence-electron chi connectivity index (χ0n) is 16.2. The summed E-state index contributed by atoms with van der Waals surface area (Å²) in [6.45, 7) is 3.94. The molecule has 2 aromatic carbocycles. The van der Waals surface area contributed by atoms with Crippen LogP contribution in [0.5, 0.6) is 5.75 Å². The van der Waals surface area contributed by atoms with Gasteiger partial charge < -0.3 is 15.1 Å². The van der Waals surface area contributed by atoms with Gasteiger partial charge in [-0.25, -0.2) is 0 Å². The summed E-state index contributed by atoms with van der Waals surface area (Å²) in [6.07, 6.45) is 0.919. The molecule has 1 aliphatic heterocycles. The SMILES string of the molecule is CCc1ccc(C2c3c(-c4cc(Cl)c(C)cc4O)n[nH]c3C(=O)N2CCO)cc1. The van der Waals surface area contributed by atoms with Gasteiger partial charge in [0, 0.05) is 22.7 Å². The van der Waals surface area contributed by atoms with Crippen LogP contribution >= 0.6 is 11.6 Å². The van der Waals surface area contributed by atoms with E-state index in [1.165, 1.54) is 5.56 Å². The third-order valence-corrected chi connectivity index (χ3v) is 5.85. The molecule has 0 saturated heterocycles. The lowest BCUT2D eigenvalue weighted by molar-refractivity contribution is 0.0706. The van der Waals surface area contributed by atoms with Crippen LogP contribution in [-0.4, -0.2) is 44.4 Å². The molecule has 0 saturated carbocycles. The predicted octanol–water partition coefficient (Wildman–Crippen LogP) is 3.84. The minimum atomic E-state index is -0.413. The number of hydrogen-bond donors (Lipinski definition) is 3. The van der Waals surface area contributed by atoms with Crippen LogP contribution in [0.15, 0.2) is 36.4 Å². The third-order valence-electron chi connectivity index (χ3n) is 5.44. The fraction of sp³-hybridized carbons (Fsp3) is 0.273. The average molecular weight is 412 g/mol. The van der Waals surface area contributed by atoms with Gasteiger partial charge in [-0.1, -0.05) is 42.8 Å². The molecule has 4 rings (SSSR count). The molecule has 0 radical (unpaired) electrons. The number of β-amino-alcohol motifs (C(OH)–C–C–N with tert-alkyl or cyclic N) is 1. The Labute approximate surface area is 173 Å². The van der Waals surface area contributed by atoms with Crippen molar-refractivity contribution in [3.63, 3.8) is 0 Å². The molecular weight excluding hydrogens is 390 g/mol. The lowest BCUT2D eigenvalue weighted by Crippen LogP contribution is -2.32. The average Bonchev–Trinajstić information content (AvgIpc) is 3.25. The number of nitrogens with one attached hydrogen (secondary N) is 1. The summed E-state index contributed by atoms with van der Waals surface area (Å²) in [6, 6.07) is 10.9. The number of aryl methyl sites for hydroxylation is 2. The summed E-state index contributed by atoms with van der Waals surface area (Å²) in [5.41, 5.74) is 4.87. The summed E-state index contributed by atoms with van der Waals surface area (Å²) >= 11 is 6.29. The Hall–Kier alpha value is -2.83. The van der Waals surface area contributed by atoms with E-state index in [9.17, 15) is 15.0 Å². The number of fused-ring (bicyclic) bond motifs is 1. The maximum Gasteiger partial charge on any atom is 0.273 e. The van der Waals surface area contributed by atoms with Crippen molar-refractivity contribution in [2.75, 3.05) is 13.2 Å². The standard InChI is InChI=1S/C22H22ClN3O3/c1-3-13-4-6-14(7-5-13)21-18-19(15-11-16(23)12(2)10-17(15)28)24-25-20(18)22(29)26(21)8-9-27/h4-7,10-11,21,27-28H,3,8-9H2,1-2H3,(H,24,25). The van der Waals surface area contributed by atoms with Gasteiger partial charge in [-0.2, -0.15) is 5.10 Å². The minimum absolute atomic E-state index is 0.0503. The first-order valence-electron chi connectivity index (χ1n) is 9.54. The molecule has 3 N–H and O–H groups in total. The van der Waals surface area contributed by atoms with Gasteiger partial charge in [0.05, 0.1) is 12.6 Å². The molecular formula is C22H22ClN3O3.